The molecule has 0 bridgehead atoms. The molecule has 0 radical (unpaired) electrons. The molecule has 0 fully saturated rings. The molecule has 2 aromatic heterocycles. The van der Waals surface area contributed by atoms with Gasteiger partial charge in [0, 0.05) is 33.5 Å². The number of hydrogen-bond acceptors (Lipinski definition) is 4. The van der Waals surface area contributed by atoms with Crippen molar-refractivity contribution in [2.45, 2.75) is 13.0 Å². The number of aromatic nitrogens is 2. The van der Waals surface area contributed by atoms with Gasteiger partial charge in [0.15, 0.2) is 6.10 Å². The fraction of sp³-hybridized carbons (Fsp3) is 0.333. The van der Waals surface area contributed by atoms with E-state index in [0.29, 0.717) is 11.3 Å². The van der Waals surface area contributed by atoms with Crippen LogP contribution in [0.3, 0.4) is 0 Å². The summed E-state index contributed by atoms with van der Waals surface area (Å²) >= 11 is 2.12. The maximum Gasteiger partial charge on any atom is 0.339 e. The summed E-state index contributed by atoms with van der Waals surface area (Å²) in [6, 6.07) is 1.91. The lowest BCUT2D eigenvalue weighted by atomic mass is 10.1. The second-order valence-electron chi connectivity index (χ2n) is 4.01. The number of carbonyl (C=O) groups excluding carboxylic acids is 1. The fourth-order valence-electron chi connectivity index (χ4n) is 1.90. The molecule has 0 saturated carbocycles. The van der Waals surface area contributed by atoms with Gasteiger partial charge in [-0.15, -0.1) is 0 Å². The Hall–Kier alpha value is -1.15. The Morgan fingerprint density at radius 1 is 1.61 bits per heavy atom. The Labute approximate surface area is 118 Å². The summed E-state index contributed by atoms with van der Waals surface area (Å²) in [6.07, 6.45) is 0.604. The van der Waals surface area contributed by atoms with Crippen LogP contribution in [-0.4, -0.2) is 27.7 Å². The van der Waals surface area contributed by atoms with Gasteiger partial charge in [0.2, 0.25) is 0 Å². The van der Waals surface area contributed by atoms with Crippen LogP contribution in [0.2, 0.25) is 0 Å². The van der Waals surface area contributed by atoms with E-state index >= 15 is 0 Å². The van der Waals surface area contributed by atoms with Gasteiger partial charge in [-0.05, 0) is 35.6 Å². The van der Waals surface area contributed by atoms with Gasteiger partial charge in [-0.2, -0.15) is 0 Å². The highest BCUT2D eigenvalue weighted by Gasteiger charge is 2.25. The molecule has 0 amide bonds. The number of esters is 1. The van der Waals surface area contributed by atoms with Crippen molar-refractivity contribution in [3.63, 3.8) is 0 Å². The topological polar surface area (TPSA) is 64.3 Å². The average Bonchev–Trinajstić information content (AvgIpc) is 2.70. The number of carbonyl (C=O) groups is 1. The van der Waals surface area contributed by atoms with Gasteiger partial charge >= 0.3 is 5.97 Å². The Bertz CT molecular complexity index is 621. The van der Waals surface area contributed by atoms with Crippen LogP contribution in [0, 0.1) is 10.5 Å². The SMILES string of the molecule is COC(=O)[C@@H](O)c1c(C)nc2c(ccn2C)c1I. The van der Waals surface area contributed by atoms with Gasteiger partial charge in [0.05, 0.1) is 7.11 Å². The molecule has 2 rings (SSSR count). The molecule has 18 heavy (non-hydrogen) atoms. The fourth-order valence-corrected chi connectivity index (χ4v) is 3.01. The molecule has 0 aliphatic heterocycles. The normalized spacial score (nSPS) is 12.7. The lowest BCUT2D eigenvalue weighted by Gasteiger charge is -2.14. The van der Waals surface area contributed by atoms with Crippen molar-refractivity contribution in [3.05, 3.63) is 27.1 Å². The van der Waals surface area contributed by atoms with Crippen molar-refractivity contribution in [3.8, 4) is 0 Å². The van der Waals surface area contributed by atoms with Gasteiger partial charge in [0.1, 0.15) is 5.65 Å². The number of ether oxygens (including phenoxy) is 1. The van der Waals surface area contributed by atoms with E-state index in [0.717, 1.165) is 14.6 Å². The van der Waals surface area contributed by atoms with E-state index in [1.807, 2.05) is 23.9 Å². The second kappa shape index (κ2) is 4.85. The van der Waals surface area contributed by atoms with Crippen molar-refractivity contribution < 1.29 is 14.6 Å². The number of pyridine rings is 1. The highest BCUT2D eigenvalue weighted by molar-refractivity contribution is 14.1. The zero-order valence-electron chi connectivity index (χ0n) is 10.3. The third kappa shape index (κ3) is 1.99. The Balaban J connectivity index is 2.68. The van der Waals surface area contributed by atoms with Crippen molar-refractivity contribution in [1.29, 1.82) is 0 Å². The highest BCUT2D eigenvalue weighted by atomic mass is 127. The van der Waals surface area contributed by atoms with Crippen LogP contribution < -0.4 is 0 Å². The second-order valence-corrected chi connectivity index (χ2v) is 5.09. The van der Waals surface area contributed by atoms with Crippen molar-refractivity contribution >= 4 is 39.6 Å². The zero-order valence-corrected chi connectivity index (χ0v) is 12.4. The van der Waals surface area contributed by atoms with Crippen LogP contribution in [0.4, 0.5) is 0 Å². The van der Waals surface area contributed by atoms with E-state index < -0.39 is 12.1 Å². The largest absolute Gasteiger partial charge is 0.467 e. The zero-order chi connectivity index (χ0) is 13.4. The molecule has 0 aliphatic carbocycles. The number of nitrogens with zero attached hydrogens (tertiary/aromatic N) is 2. The van der Waals surface area contributed by atoms with E-state index in [-0.39, 0.29) is 0 Å². The summed E-state index contributed by atoms with van der Waals surface area (Å²) in [5.41, 5.74) is 1.98. The third-order valence-corrected chi connectivity index (χ3v) is 4.04. The number of aliphatic hydroxyl groups excluding tert-OH is 1. The smallest absolute Gasteiger partial charge is 0.339 e. The third-order valence-electron chi connectivity index (χ3n) is 2.87. The van der Waals surface area contributed by atoms with E-state index in [1.54, 1.807) is 6.92 Å². The molecule has 5 nitrogen and oxygen atoms in total. The minimum Gasteiger partial charge on any atom is -0.467 e. The predicted octanol–water partition coefficient (Wildman–Crippen LogP) is 1.69. The summed E-state index contributed by atoms with van der Waals surface area (Å²) in [5, 5.41) is 10.9. The summed E-state index contributed by atoms with van der Waals surface area (Å²) in [5.74, 6) is -0.673. The van der Waals surface area contributed by atoms with Crippen LogP contribution in [0.1, 0.15) is 17.4 Å². The molecule has 0 aromatic carbocycles. The monoisotopic (exact) mass is 360 g/mol. The summed E-state index contributed by atoms with van der Waals surface area (Å²) in [4.78, 5) is 15.9. The number of rotatable bonds is 2. The molecule has 2 heterocycles. The molecular formula is C12H13IN2O3. The minimum absolute atomic E-state index is 0.515. The van der Waals surface area contributed by atoms with Crippen molar-refractivity contribution in [2.24, 2.45) is 7.05 Å². The summed E-state index contributed by atoms with van der Waals surface area (Å²) in [6.45, 7) is 1.77. The average molecular weight is 360 g/mol. The van der Waals surface area contributed by atoms with Gasteiger partial charge in [0.25, 0.3) is 0 Å². The van der Waals surface area contributed by atoms with Gasteiger partial charge in [-0.25, -0.2) is 9.78 Å². The van der Waals surface area contributed by atoms with Crippen LogP contribution in [-0.2, 0) is 16.6 Å². The first-order valence-electron chi connectivity index (χ1n) is 5.34. The van der Waals surface area contributed by atoms with Crippen LogP contribution in [0.15, 0.2) is 12.3 Å². The number of methoxy groups -OCH3 is 1. The van der Waals surface area contributed by atoms with Gasteiger partial charge in [-0.3, -0.25) is 0 Å². The molecule has 0 saturated heterocycles. The first kappa shape index (κ1) is 13.3. The molecular weight excluding hydrogens is 347 g/mol. The highest BCUT2D eigenvalue weighted by Crippen LogP contribution is 2.30. The summed E-state index contributed by atoms with van der Waals surface area (Å²) < 4.78 is 7.30. The van der Waals surface area contributed by atoms with Gasteiger partial charge in [-0.1, -0.05) is 0 Å². The first-order valence-corrected chi connectivity index (χ1v) is 6.42. The minimum atomic E-state index is -1.29. The standard InChI is InChI=1S/C12H13IN2O3/c1-6-8(10(16)12(17)18-3)9(13)7-4-5-15(2)11(7)14-6/h4-5,10,16H,1-3H3/t10-/m0/s1. The first-order chi connectivity index (χ1) is 8.47. The quantitative estimate of drug-likeness (QED) is 0.654. The molecule has 2 aromatic rings. The molecule has 1 atom stereocenters. The van der Waals surface area contributed by atoms with Crippen molar-refractivity contribution in [2.75, 3.05) is 7.11 Å². The Morgan fingerprint density at radius 3 is 2.89 bits per heavy atom. The van der Waals surface area contributed by atoms with E-state index in [4.69, 9.17) is 0 Å². The molecule has 0 spiro atoms. The van der Waals surface area contributed by atoms with Gasteiger partial charge < -0.3 is 14.4 Å². The maximum atomic E-state index is 11.4. The lowest BCUT2D eigenvalue weighted by molar-refractivity contribution is -0.150. The molecule has 0 unspecified atom stereocenters. The lowest BCUT2D eigenvalue weighted by Crippen LogP contribution is -2.17. The van der Waals surface area contributed by atoms with E-state index in [9.17, 15) is 9.90 Å². The van der Waals surface area contributed by atoms with Crippen LogP contribution in [0.25, 0.3) is 11.0 Å². The molecule has 96 valence electrons. The van der Waals surface area contributed by atoms with Crippen molar-refractivity contribution in [1.82, 2.24) is 9.55 Å². The van der Waals surface area contributed by atoms with Crippen LogP contribution in [0.5, 0.6) is 0 Å². The maximum absolute atomic E-state index is 11.4. The number of fused-ring (bicyclic) bond motifs is 1. The van der Waals surface area contributed by atoms with E-state index in [1.165, 1.54) is 7.11 Å². The Morgan fingerprint density at radius 2 is 2.28 bits per heavy atom. The number of aliphatic hydroxyl groups is 1. The molecule has 1 N–H and O–H groups in total. The number of hydrogen-bond donors (Lipinski definition) is 1. The number of aryl methyl sites for hydroxylation is 2. The molecule has 0 aliphatic rings. The number of halogens is 1. The van der Waals surface area contributed by atoms with Crippen LogP contribution >= 0.6 is 22.6 Å². The summed E-state index contributed by atoms with van der Waals surface area (Å²) in [7, 11) is 3.16. The predicted molar refractivity (Wildman–Crippen MR) is 75.1 cm³/mol. The Kier molecular flexibility index (Phi) is 3.58. The van der Waals surface area contributed by atoms with E-state index in [2.05, 4.69) is 32.3 Å². The molecule has 6 heteroatoms.